The molecular formula is C11H21NO5S. The number of amides is 1. The second kappa shape index (κ2) is 7.35. The van der Waals surface area contributed by atoms with Crippen LogP contribution in [0.25, 0.3) is 0 Å². The maximum atomic E-state index is 11.5. The summed E-state index contributed by atoms with van der Waals surface area (Å²) in [6.45, 7) is 3.59. The van der Waals surface area contributed by atoms with E-state index in [-0.39, 0.29) is 24.5 Å². The van der Waals surface area contributed by atoms with Gasteiger partial charge in [0, 0.05) is 12.7 Å². The fourth-order valence-corrected chi connectivity index (χ4v) is 2.09. The third-order valence-electron chi connectivity index (χ3n) is 2.71. The predicted octanol–water partition coefficient (Wildman–Crippen LogP) is 0.427. The lowest BCUT2D eigenvalue weighted by molar-refractivity contribution is -0.143. The second-order valence-corrected chi connectivity index (χ2v) is 6.76. The average molecular weight is 279 g/mol. The van der Waals surface area contributed by atoms with E-state index < -0.39 is 27.8 Å². The number of aliphatic carboxylic acids is 1. The molecule has 2 N–H and O–H groups in total. The first-order valence-electron chi connectivity index (χ1n) is 5.87. The maximum absolute atomic E-state index is 11.5. The molecule has 0 spiro atoms. The Morgan fingerprint density at radius 2 is 1.89 bits per heavy atom. The Morgan fingerprint density at radius 1 is 1.33 bits per heavy atom. The first kappa shape index (κ1) is 16.9. The molecule has 0 aliphatic heterocycles. The van der Waals surface area contributed by atoms with Gasteiger partial charge in [-0.05, 0) is 12.3 Å². The molecule has 0 saturated carbocycles. The number of carbonyl (C=O) groups excluding carboxylic acids is 1. The Hall–Kier alpha value is -1.11. The summed E-state index contributed by atoms with van der Waals surface area (Å²) in [6.07, 6.45) is 1.97. The van der Waals surface area contributed by atoms with E-state index in [0.717, 1.165) is 6.26 Å². The zero-order chi connectivity index (χ0) is 14.3. The van der Waals surface area contributed by atoms with Crippen molar-refractivity contribution in [1.82, 2.24) is 5.32 Å². The Labute approximate surface area is 108 Å². The molecule has 7 heteroatoms. The summed E-state index contributed by atoms with van der Waals surface area (Å²) in [5.41, 5.74) is 0. The lowest BCUT2D eigenvalue weighted by atomic mass is 9.99. The van der Waals surface area contributed by atoms with Crippen molar-refractivity contribution >= 4 is 21.7 Å². The number of hydrogen-bond acceptors (Lipinski definition) is 4. The van der Waals surface area contributed by atoms with Gasteiger partial charge < -0.3 is 10.4 Å². The monoisotopic (exact) mass is 279 g/mol. The lowest BCUT2D eigenvalue weighted by Crippen LogP contribution is -2.45. The molecule has 0 radical (unpaired) electrons. The third kappa shape index (κ3) is 7.26. The van der Waals surface area contributed by atoms with Crippen LogP contribution >= 0.6 is 0 Å². The average Bonchev–Trinajstić information content (AvgIpc) is 2.22. The van der Waals surface area contributed by atoms with Gasteiger partial charge in [0.1, 0.15) is 15.9 Å². The zero-order valence-corrected chi connectivity index (χ0v) is 11.8. The summed E-state index contributed by atoms with van der Waals surface area (Å²) >= 11 is 0. The van der Waals surface area contributed by atoms with E-state index in [1.807, 2.05) is 6.92 Å². The van der Waals surface area contributed by atoms with Gasteiger partial charge in [0.05, 0.1) is 5.75 Å². The molecule has 0 heterocycles. The topological polar surface area (TPSA) is 101 Å². The van der Waals surface area contributed by atoms with Crippen molar-refractivity contribution < 1.29 is 23.1 Å². The molecule has 0 aliphatic rings. The van der Waals surface area contributed by atoms with Gasteiger partial charge in [0.2, 0.25) is 5.91 Å². The molecule has 0 aromatic heterocycles. The van der Waals surface area contributed by atoms with Crippen molar-refractivity contribution in [1.29, 1.82) is 0 Å². The zero-order valence-electron chi connectivity index (χ0n) is 11.0. The van der Waals surface area contributed by atoms with Crippen molar-refractivity contribution in [2.45, 2.75) is 39.2 Å². The summed E-state index contributed by atoms with van der Waals surface area (Å²) < 4.78 is 21.7. The minimum atomic E-state index is -3.08. The van der Waals surface area contributed by atoms with Gasteiger partial charge in [-0.15, -0.1) is 0 Å². The van der Waals surface area contributed by atoms with Crippen LogP contribution in [0, 0.1) is 5.92 Å². The van der Waals surface area contributed by atoms with Crippen molar-refractivity contribution in [2.75, 3.05) is 12.0 Å². The number of hydrogen-bond donors (Lipinski definition) is 2. The SMILES string of the molecule is CCC(C)C(NC(=O)CCCS(C)(=O)=O)C(=O)O. The Balaban J connectivity index is 4.23. The van der Waals surface area contributed by atoms with Crippen molar-refractivity contribution in [3.63, 3.8) is 0 Å². The first-order chi connectivity index (χ1) is 8.17. The van der Waals surface area contributed by atoms with Crippen LogP contribution in [0.2, 0.25) is 0 Å². The molecule has 0 fully saturated rings. The number of nitrogens with one attached hydrogen (secondary N) is 1. The van der Waals surface area contributed by atoms with Crippen LogP contribution in [0.5, 0.6) is 0 Å². The minimum Gasteiger partial charge on any atom is -0.480 e. The normalized spacial score (nSPS) is 14.8. The molecule has 0 aromatic rings. The van der Waals surface area contributed by atoms with Crippen molar-refractivity contribution in [3.05, 3.63) is 0 Å². The van der Waals surface area contributed by atoms with Crippen LogP contribution in [0.4, 0.5) is 0 Å². The van der Waals surface area contributed by atoms with Gasteiger partial charge in [0.15, 0.2) is 0 Å². The van der Waals surface area contributed by atoms with E-state index in [4.69, 9.17) is 5.11 Å². The fraction of sp³-hybridized carbons (Fsp3) is 0.818. The molecular weight excluding hydrogens is 258 g/mol. The highest BCUT2D eigenvalue weighted by molar-refractivity contribution is 7.90. The van der Waals surface area contributed by atoms with Crippen LogP contribution in [-0.2, 0) is 19.4 Å². The highest BCUT2D eigenvalue weighted by Gasteiger charge is 2.24. The fourth-order valence-electron chi connectivity index (χ4n) is 1.42. The summed E-state index contributed by atoms with van der Waals surface area (Å²) in [7, 11) is -3.08. The standard InChI is InChI=1S/C11H21NO5S/c1-4-8(2)10(11(14)15)12-9(13)6-5-7-18(3,16)17/h8,10H,4-7H2,1-3H3,(H,12,13)(H,14,15). The summed E-state index contributed by atoms with van der Waals surface area (Å²) in [6, 6.07) is -0.916. The maximum Gasteiger partial charge on any atom is 0.326 e. The Bertz CT molecular complexity index is 390. The predicted molar refractivity (Wildman–Crippen MR) is 68.0 cm³/mol. The van der Waals surface area contributed by atoms with Crippen LogP contribution < -0.4 is 5.32 Å². The van der Waals surface area contributed by atoms with Crippen molar-refractivity contribution in [2.24, 2.45) is 5.92 Å². The molecule has 1 amide bonds. The van der Waals surface area contributed by atoms with E-state index in [1.54, 1.807) is 6.92 Å². The molecule has 2 unspecified atom stereocenters. The second-order valence-electron chi connectivity index (χ2n) is 4.50. The van der Waals surface area contributed by atoms with E-state index in [0.29, 0.717) is 6.42 Å². The van der Waals surface area contributed by atoms with E-state index in [9.17, 15) is 18.0 Å². The molecule has 0 bridgehead atoms. The van der Waals surface area contributed by atoms with Gasteiger partial charge in [-0.2, -0.15) is 0 Å². The smallest absolute Gasteiger partial charge is 0.326 e. The summed E-state index contributed by atoms with van der Waals surface area (Å²) in [5, 5.41) is 11.4. The lowest BCUT2D eigenvalue weighted by Gasteiger charge is -2.20. The van der Waals surface area contributed by atoms with E-state index in [1.165, 1.54) is 0 Å². The summed E-state index contributed by atoms with van der Waals surface area (Å²) in [5.74, 6) is -1.73. The Kier molecular flexibility index (Phi) is 6.90. The third-order valence-corrected chi connectivity index (χ3v) is 3.74. The van der Waals surface area contributed by atoms with Crippen LogP contribution in [0.3, 0.4) is 0 Å². The largest absolute Gasteiger partial charge is 0.480 e. The molecule has 0 saturated heterocycles. The van der Waals surface area contributed by atoms with Gasteiger partial charge in [0.25, 0.3) is 0 Å². The highest BCUT2D eigenvalue weighted by atomic mass is 32.2. The molecule has 0 aromatic carbocycles. The van der Waals surface area contributed by atoms with Crippen molar-refractivity contribution in [3.8, 4) is 0 Å². The number of carboxylic acid groups (broad SMARTS) is 1. The van der Waals surface area contributed by atoms with Crippen LogP contribution in [-0.4, -0.2) is 43.5 Å². The molecule has 106 valence electrons. The van der Waals surface area contributed by atoms with Gasteiger partial charge in [-0.25, -0.2) is 13.2 Å². The molecule has 0 rings (SSSR count). The Morgan fingerprint density at radius 3 is 2.28 bits per heavy atom. The number of carbonyl (C=O) groups is 2. The van der Waals surface area contributed by atoms with Gasteiger partial charge in [-0.1, -0.05) is 20.3 Å². The van der Waals surface area contributed by atoms with Crippen LogP contribution in [0.1, 0.15) is 33.1 Å². The first-order valence-corrected chi connectivity index (χ1v) is 7.93. The van der Waals surface area contributed by atoms with E-state index >= 15 is 0 Å². The van der Waals surface area contributed by atoms with Gasteiger partial charge in [-0.3, -0.25) is 4.79 Å². The number of rotatable bonds is 8. The van der Waals surface area contributed by atoms with Gasteiger partial charge >= 0.3 is 5.97 Å². The highest BCUT2D eigenvalue weighted by Crippen LogP contribution is 2.08. The minimum absolute atomic E-state index is 0.0211. The molecule has 2 atom stereocenters. The van der Waals surface area contributed by atoms with E-state index in [2.05, 4.69) is 5.32 Å². The molecule has 18 heavy (non-hydrogen) atoms. The molecule has 0 aliphatic carbocycles. The number of sulfone groups is 1. The van der Waals surface area contributed by atoms with Crippen LogP contribution in [0.15, 0.2) is 0 Å². The number of carboxylic acids is 1. The molecule has 6 nitrogen and oxygen atoms in total. The quantitative estimate of drug-likeness (QED) is 0.671. The summed E-state index contributed by atoms with van der Waals surface area (Å²) in [4.78, 5) is 22.5.